The van der Waals surface area contributed by atoms with Gasteiger partial charge in [-0.3, -0.25) is 4.99 Å². The van der Waals surface area contributed by atoms with Crippen LogP contribution in [-0.2, 0) is 0 Å². The van der Waals surface area contributed by atoms with Crippen molar-refractivity contribution >= 4 is 5.71 Å². The number of hydrogen-bond acceptors (Lipinski definition) is 5. The Morgan fingerprint density at radius 3 is 2.88 bits per heavy atom. The number of allylic oxidation sites excluding steroid dienone is 7. The molecule has 5 N–H and O–H groups in total. The lowest BCUT2D eigenvalue weighted by atomic mass is 9.83. The molecular formula is C19H29N5. The summed E-state index contributed by atoms with van der Waals surface area (Å²) in [5.74, 6) is 0.452. The molecule has 0 radical (unpaired) electrons. The largest absolute Gasteiger partial charge is 0.380 e. The van der Waals surface area contributed by atoms with E-state index in [1.165, 1.54) is 22.6 Å². The minimum atomic E-state index is 0.309. The maximum Gasteiger partial charge on any atom is 0.0667 e. The topological polar surface area (TPSA) is 74.5 Å². The average molecular weight is 327 g/mol. The second-order valence-corrected chi connectivity index (χ2v) is 6.57. The van der Waals surface area contributed by atoms with Crippen LogP contribution in [0.4, 0.5) is 0 Å². The van der Waals surface area contributed by atoms with Crippen LogP contribution in [0.1, 0.15) is 26.2 Å². The van der Waals surface area contributed by atoms with Crippen LogP contribution in [0.5, 0.6) is 0 Å². The van der Waals surface area contributed by atoms with Crippen LogP contribution in [0, 0.1) is 5.92 Å². The predicted octanol–water partition coefficient (Wildman–Crippen LogP) is 1.58. The maximum atomic E-state index is 5.86. The summed E-state index contributed by atoms with van der Waals surface area (Å²) in [7, 11) is 1.95. The lowest BCUT2D eigenvalue weighted by molar-refractivity contribution is 0.561. The Morgan fingerprint density at radius 2 is 2.21 bits per heavy atom. The minimum absolute atomic E-state index is 0.309. The van der Waals surface area contributed by atoms with Crippen molar-refractivity contribution in [2.45, 2.75) is 32.2 Å². The number of aliphatic imine (C=N–C) groups is 1. The van der Waals surface area contributed by atoms with E-state index in [0.717, 1.165) is 38.2 Å². The van der Waals surface area contributed by atoms with Crippen molar-refractivity contribution in [1.82, 2.24) is 16.0 Å². The van der Waals surface area contributed by atoms with E-state index < -0.39 is 0 Å². The molecule has 1 heterocycles. The fraction of sp³-hybridized carbons (Fsp3) is 0.526. The molecule has 0 fully saturated rings. The van der Waals surface area contributed by atoms with E-state index in [0.29, 0.717) is 18.5 Å². The number of nitrogens with zero attached hydrogens (tertiary/aromatic N) is 1. The van der Waals surface area contributed by atoms with Gasteiger partial charge in [0.1, 0.15) is 0 Å². The molecule has 0 spiro atoms. The van der Waals surface area contributed by atoms with Gasteiger partial charge in [-0.1, -0.05) is 19.1 Å². The molecule has 130 valence electrons. The first-order valence-corrected chi connectivity index (χ1v) is 8.99. The van der Waals surface area contributed by atoms with Gasteiger partial charge >= 0.3 is 0 Å². The second kappa shape index (κ2) is 7.81. The number of rotatable bonds is 8. The van der Waals surface area contributed by atoms with Crippen molar-refractivity contribution in [3.05, 3.63) is 46.8 Å². The summed E-state index contributed by atoms with van der Waals surface area (Å²) in [5.41, 5.74) is 12.1. The molecule has 2 aliphatic carbocycles. The molecule has 5 heteroatoms. The quantitative estimate of drug-likeness (QED) is 0.511. The molecule has 24 heavy (non-hydrogen) atoms. The van der Waals surface area contributed by atoms with E-state index in [4.69, 9.17) is 5.73 Å². The minimum Gasteiger partial charge on any atom is -0.380 e. The fourth-order valence-corrected chi connectivity index (χ4v) is 3.29. The van der Waals surface area contributed by atoms with Gasteiger partial charge in [0.2, 0.25) is 0 Å². The second-order valence-electron chi connectivity index (χ2n) is 6.57. The molecule has 0 bridgehead atoms. The third kappa shape index (κ3) is 3.62. The Balaban J connectivity index is 1.79. The fourth-order valence-electron chi connectivity index (χ4n) is 3.29. The summed E-state index contributed by atoms with van der Waals surface area (Å²) in [6.07, 6.45) is 12.4. The molecule has 2 unspecified atom stereocenters. The third-order valence-corrected chi connectivity index (χ3v) is 4.84. The average Bonchev–Trinajstić information content (AvgIpc) is 2.59. The van der Waals surface area contributed by atoms with E-state index in [1.54, 1.807) is 0 Å². The maximum absolute atomic E-state index is 5.86. The SMILES string of the molecule is CCC(CN)NC1=CC(C2=CCCC(NCNC)=C2)=CC2CN=C12. The van der Waals surface area contributed by atoms with Crippen molar-refractivity contribution in [3.8, 4) is 0 Å². The summed E-state index contributed by atoms with van der Waals surface area (Å²) in [6.45, 7) is 4.51. The van der Waals surface area contributed by atoms with Crippen LogP contribution >= 0.6 is 0 Å². The van der Waals surface area contributed by atoms with Gasteiger partial charge in [-0.2, -0.15) is 0 Å². The van der Waals surface area contributed by atoms with Crippen molar-refractivity contribution in [2.24, 2.45) is 16.6 Å². The zero-order valence-electron chi connectivity index (χ0n) is 14.7. The molecule has 0 amide bonds. The summed E-state index contributed by atoms with van der Waals surface area (Å²) in [4.78, 5) is 4.57. The monoisotopic (exact) mass is 327 g/mol. The van der Waals surface area contributed by atoms with E-state index in [2.05, 4.69) is 52.2 Å². The Hall–Kier alpha value is -1.85. The van der Waals surface area contributed by atoms with Crippen LogP contribution in [0.15, 0.2) is 51.8 Å². The molecule has 0 aromatic rings. The smallest absolute Gasteiger partial charge is 0.0667 e. The highest BCUT2D eigenvalue weighted by atomic mass is 15.0. The number of hydrogen-bond donors (Lipinski definition) is 4. The van der Waals surface area contributed by atoms with Crippen LogP contribution in [0.3, 0.4) is 0 Å². The van der Waals surface area contributed by atoms with E-state index in [-0.39, 0.29) is 0 Å². The third-order valence-electron chi connectivity index (χ3n) is 4.84. The predicted molar refractivity (Wildman–Crippen MR) is 101 cm³/mol. The number of nitrogens with two attached hydrogens (primary N) is 1. The summed E-state index contributed by atoms with van der Waals surface area (Å²) in [6, 6.07) is 0.309. The van der Waals surface area contributed by atoms with Gasteiger partial charge in [0.05, 0.1) is 24.6 Å². The highest BCUT2D eigenvalue weighted by Crippen LogP contribution is 2.32. The number of fused-ring (bicyclic) bond motifs is 1. The molecule has 3 aliphatic rings. The lowest BCUT2D eigenvalue weighted by Gasteiger charge is -2.33. The molecule has 2 atom stereocenters. The molecule has 0 saturated heterocycles. The standard InChI is InChI=1S/C19H29N5/c1-3-16(10-20)24-18-9-14(7-15-11-22-19(15)18)13-5-4-6-17(8-13)23-12-21-2/h5,7-9,15-16,21,23-24H,3-4,6,10-12,20H2,1-2H3. The van der Waals surface area contributed by atoms with Crippen molar-refractivity contribution in [1.29, 1.82) is 0 Å². The van der Waals surface area contributed by atoms with E-state index in [1.807, 2.05) is 7.05 Å². The Kier molecular flexibility index (Phi) is 5.53. The van der Waals surface area contributed by atoms with Gasteiger partial charge in [0, 0.05) is 24.2 Å². The molecule has 0 saturated carbocycles. The first-order valence-electron chi connectivity index (χ1n) is 8.99. The molecular weight excluding hydrogens is 298 g/mol. The normalized spacial score (nSPS) is 23.6. The molecule has 3 rings (SSSR count). The van der Waals surface area contributed by atoms with Gasteiger partial charge in [0.15, 0.2) is 0 Å². The Labute approximate surface area is 144 Å². The van der Waals surface area contributed by atoms with Crippen LogP contribution in [0.25, 0.3) is 0 Å². The number of nitrogens with one attached hydrogen (secondary N) is 3. The van der Waals surface area contributed by atoms with Gasteiger partial charge in [-0.25, -0.2) is 0 Å². The first-order chi connectivity index (χ1) is 11.7. The zero-order chi connectivity index (χ0) is 16.9. The van der Waals surface area contributed by atoms with E-state index in [9.17, 15) is 0 Å². The summed E-state index contributed by atoms with van der Waals surface area (Å²) < 4.78 is 0. The lowest BCUT2D eigenvalue weighted by Crippen LogP contribution is -2.42. The van der Waals surface area contributed by atoms with Gasteiger partial charge in [-0.15, -0.1) is 0 Å². The Morgan fingerprint density at radius 1 is 1.33 bits per heavy atom. The molecule has 1 aliphatic heterocycles. The Bertz CT molecular complexity index is 620. The van der Waals surface area contributed by atoms with Crippen molar-refractivity contribution < 1.29 is 0 Å². The highest BCUT2D eigenvalue weighted by Gasteiger charge is 2.30. The van der Waals surface area contributed by atoms with Gasteiger partial charge in [0.25, 0.3) is 0 Å². The van der Waals surface area contributed by atoms with Crippen molar-refractivity contribution in [3.63, 3.8) is 0 Å². The molecule has 5 nitrogen and oxygen atoms in total. The highest BCUT2D eigenvalue weighted by molar-refractivity contribution is 6.07. The molecule has 0 aromatic carbocycles. The van der Waals surface area contributed by atoms with E-state index >= 15 is 0 Å². The van der Waals surface area contributed by atoms with Crippen LogP contribution in [-0.4, -0.2) is 38.6 Å². The zero-order valence-corrected chi connectivity index (χ0v) is 14.7. The van der Waals surface area contributed by atoms with Crippen molar-refractivity contribution in [2.75, 3.05) is 26.8 Å². The summed E-state index contributed by atoms with van der Waals surface area (Å²) in [5, 5.41) is 10.2. The molecule has 0 aromatic heterocycles. The van der Waals surface area contributed by atoms with Gasteiger partial charge < -0.3 is 21.7 Å². The first kappa shape index (κ1) is 17.0. The van der Waals surface area contributed by atoms with Crippen LogP contribution < -0.4 is 21.7 Å². The van der Waals surface area contributed by atoms with Gasteiger partial charge in [-0.05, 0) is 49.6 Å². The summed E-state index contributed by atoms with van der Waals surface area (Å²) >= 11 is 0. The van der Waals surface area contributed by atoms with Crippen LogP contribution in [0.2, 0.25) is 0 Å².